The molecule has 162 valence electrons. The molecule has 1 aliphatic carbocycles. The summed E-state index contributed by atoms with van der Waals surface area (Å²) < 4.78 is 9.81. The van der Waals surface area contributed by atoms with Gasteiger partial charge in [-0.15, -0.1) is 0 Å². The Balaban J connectivity index is 1.59. The van der Waals surface area contributed by atoms with E-state index in [1.807, 2.05) is 30.3 Å². The summed E-state index contributed by atoms with van der Waals surface area (Å²) in [5.74, 6) is -2.23. The number of hydrogen-bond acceptors (Lipinski definition) is 7. The number of amides is 1. The third-order valence-electron chi connectivity index (χ3n) is 5.07. The minimum Gasteiger partial charge on any atom is -0.462 e. The normalized spacial score (nSPS) is 13.7. The highest BCUT2D eigenvalue weighted by molar-refractivity contribution is 5.97. The van der Waals surface area contributed by atoms with Crippen molar-refractivity contribution in [3.63, 3.8) is 0 Å². The first-order chi connectivity index (χ1) is 14.8. The van der Waals surface area contributed by atoms with Crippen molar-refractivity contribution in [3.8, 4) is 0 Å². The lowest BCUT2D eigenvalue weighted by Crippen LogP contribution is -2.35. The molecule has 2 aromatic carbocycles. The zero-order valence-electron chi connectivity index (χ0n) is 17.0. The van der Waals surface area contributed by atoms with E-state index in [0.29, 0.717) is 6.54 Å². The van der Waals surface area contributed by atoms with Crippen LogP contribution in [0.4, 0.5) is 5.69 Å². The molecular formula is C22H22N2O7. The van der Waals surface area contributed by atoms with Crippen LogP contribution in [0.2, 0.25) is 0 Å². The van der Waals surface area contributed by atoms with Gasteiger partial charge in [0.05, 0.1) is 22.7 Å². The Morgan fingerprint density at radius 2 is 1.65 bits per heavy atom. The summed E-state index contributed by atoms with van der Waals surface area (Å²) in [6, 6.07) is 13.0. The van der Waals surface area contributed by atoms with Gasteiger partial charge in [-0.3, -0.25) is 14.9 Å². The number of nitro benzene ring substituents is 1. The second kappa shape index (κ2) is 9.38. The summed E-state index contributed by atoms with van der Waals surface area (Å²) in [7, 11) is 0. The maximum atomic E-state index is 12.3. The number of ether oxygens (including phenoxy) is 2. The number of nitrogens with one attached hydrogen (secondary N) is 1. The third-order valence-corrected chi connectivity index (χ3v) is 5.07. The summed E-state index contributed by atoms with van der Waals surface area (Å²) in [5.41, 5.74) is 0.241. The van der Waals surface area contributed by atoms with Crippen molar-refractivity contribution in [1.82, 2.24) is 5.32 Å². The maximum absolute atomic E-state index is 12.3. The molecule has 31 heavy (non-hydrogen) atoms. The van der Waals surface area contributed by atoms with Crippen molar-refractivity contribution < 1.29 is 28.8 Å². The lowest BCUT2D eigenvalue weighted by atomic mass is 9.96. The Bertz CT molecular complexity index is 1000. The second-order valence-corrected chi connectivity index (χ2v) is 7.25. The zero-order valence-corrected chi connectivity index (χ0v) is 17.0. The molecule has 1 N–H and O–H groups in total. The number of hydrogen-bond donors (Lipinski definition) is 1. The molecule has 0 unspecified atom stereocenters. The van der Waals surface area contributed by atoms with Gasteiger partial charge >= 0.3 is 11.9 Å². The molecule has 9 heteroatoms. The van der Waals surface area contributed by atoms with Crippen LogP contribution in [0.1, 0.15) is 46.0 Å². The second-order valence-electron chi connectivity index (χ2n) is 7.25. The molecule has 0 radical (unpaired) electrons. The van der Waals surface area contributed by atoms with E-state index >= 15 is 0 Å². The first kappa shape index (κ1) is 21.9. The minimum atomic E-state index is -0.950. The number of benzene rings is 2. The smallest absolute Gasteiger partial charge is 0.338 e. The van der Waals surface area contributed by atoms with E-state index in [0.717, 1.165) is 36.6 Å². The van der Waals surface area contributed by atoms with Crippen LogP contribution in [-0.2, 0) is 19.7 Å². The van der Waals surface area contributed by atoms with Crippen molar-refractivity contribution in [2.45, 2.75) is 25.2 Å². The molecular weight excluding hydrogens is 404 g/mol. The number of nitrogens with zero attached hydrogens (tertiary/aromatic N) is 1. The van der Waals surface area contributed by atoms with Crippen molar-refractivity contribution >= 4 is 23.5 Å². The predicted octanol–water partition coefficient (Wildman–Crippen LogP) is 2.78. The van der Waals surface area contributed by atoms with Gasteiger partial charge in [0.2, 0.25) is 0 Å². The Hall–Kier alpha value is -3.75. The van der Waals surface area contributed by atoms with Crippen LogP contribution in [-0.4, -0.2) is 42.5 Å². The molecule has 0 atom stereocenters. The molecule has 2 aromatic rings. The fourth-order valence-electron chi connectivity index (χ4n) is 3.21. The Labute approximate surface area is 178 Å². The maximum Gasteiger partial charge on any atom is 0.338 e. The quantitative estimate of drug-likeness (QED) is 0.371. The molecule has 9 nitrogen and oxygen atoms in total. The molecule has 0 aromatic heterocycles. The SMILES string of the molecule is CCOC(=O)c1cc(C(=O)OCC(=O)NCC2(c3ccccc3)CC2)cc([N+](=O)[O-])c1. The van der Waals surface area contributed by atoms with Gasteiger partial charge < -0.3 is 14.8 Å². The predicted molar refractivity (Wildman–Crippen MR) is 110 cm³/mol. The minimum absolute atomic E-state index is 0.0753. The molecule has 1 amide bonds. The van der Waals surface area contributed by atoms with Crippen LogP contribution in [0.25, 0.3) is 0 Å². The Kier molecular flexibility index (Phi) is 6.64. The van der Waals surface area contributed by atoms with Crippen LogP contribution in [0.15, 0.2) is 48.5 Å². The lowest BCUT2D eigenvalue weighted by molar-refractivity contribution is -0.384. The average Bonchev–Trinajstić information content (AvgIpc) is 3.57. The number of rotatable bonds is 9. The highest BCUT2D eigenvalue weighted by atomic mass is 16.6. The molecule has 1 saturated carbocycles. The van der Waals surface area contributed by atoms with E-state index in [1.54, 1.807) is 6.92 Å². The fourth-order valence-corrected chi connectivity index (χ4v) is 3.21. The van der Waals surface area contributed by atoms with E-state index in [4.69, 9.17) is 9.47 Å². The molecule has 1 aliphatic rings. The topological polar surface area (TPSA) is 125 Å². The van der Waals surface area contributed by atoms with Gasteiger partial charge in [0.15, 0.2) is 6.61 Å². The average molecular weight is 426 g/mol. The van der Waals surface area contributed by atoms with Gasteiger partial charge in [-0.05, 0) is 31.4 Å². The standard InChI is InChI=1S/C22H22N2O7/c1-2-30-20(26)15-10-16(12-18(11-15)24(28)29)21(27)31-13-19(25)23-14-22(8-9-22)17-6-4-3-5-7-17/h3-7,10-12H,2,8-9,13-14H2,1H3,(H,23,25). The monoisotopic (exact) mass is 426 g/mol. The summed E-state index contributed by atoms with van der Waals surface area (Å²) in [6.45, 7) is 1.55. The Morgan fingerprint density at radius 3 is 2.19 bits per heavy atom. The lowest BCUT2D eigenvalue weighted by Gasteiger charge is -2.16. The van der Waals surface area contributed by atoms with Crippen LogP contribution in [0, 0.1) is 10.1 Å². The third kappa shape index (κ3) is 5.44. The number of nitro groups is 1. The van der Waals surface area contributed by atoms with Gasteiger partial charge in [-0.25, -0.2) is 9.59 Å². The molecule has 0 heterocycles. The van der Waals surface area contributed by atoms with E-state index in [9.17, 15) is 24.5 Å². The van der Waals surface area contributed by atoms with Crippen molar-refractivity contribution in [2.75, 3.05) is 19.8 Å². The van der Waals surface area contributed by atoms with Gasteiger partial charge in [0, 0.05) is 24.1 Å². The van der Waals surface area contributed by atoms with Crippen LogP contribution in [0.5, 0.6) is 0 Å². The molecule has 0 spiro atoms. The summed E-state index contributed by atoms with van der Waals surface area (Å²) in [4.78, 5) is 46.7. The van der Waals surface area contributed by atoms with Crippen LogP contribution in [0.3, 0.4) is 0 Å². The number of carbonyl (C=O) groups excluding carboxylic acids is 3. The van der Waals surface area contributed by atoms with Crippen molar-refractivity contribution in [2.24, 2.45) is 0 Å². The summed E-state index contributed by atoms with van der Waals surface area (Å²) in [5, 5.41) is 13.9. The largest absolute Gasteiger partial charge is 0.462 e. The van der Waals surface area contributed by atoms with E-state index in [2.05, 4.69) is 5.32 Å². The van der Waals surface area contributed by atoms with E-state index in [1.165, 1.54) is 0 Å². The van der Waals surface area contributed by atoms with E-state index < -0.39 is 35.1 Å². The number of carbonyl (C=O) groups is 3. The summed E-state index contributed by atoms with van der Waals surface area (Å²) in [6.07, 6.45) is 1.92. The Morgan fingerprint density at radius 1 is 1.03 bits per heavy atom. The highest BCUT2D eigenvalue weighted by Crippen LogP contribution is 2.47. The van der Waals surface area contributed by atoms with Gasteiger partial charge in [-0.1, -0.05) is 30.3 Å². The molecule has 1 fully saturated rings. The van der Waals surface area contributed by atoms with Crippen LogP contribution >= 0.6 is 0 Å². The van der Waals surface area contributed by atoms with Gasteiger partial charge in [0.25, 0.3) is 11.6 Å². The molecule has 0 bridgehead atoms. The van der Waals surface area contributed by atoms with Crippen molar-refractivity contribution in [1.29, 1.82) is 0 Å². The first-order valence-corrected chi connectivity index (χ1v) is 9.80. The van der Waals surface area contributed by atoms with Crippen molar-refractivity contribution in [3.05, 3.63) is 75.3 Å². The fraction of sp³-hybridized carbons (Fsp3) is 0.318. The number of non-ortho nitro benzene ring substituents is 1. The molecule has 0 saturated heterocycles. The zero-order chi connectivity index (χ0) is 22.4. The van der Waals surface area contributed by atoms with E-state index in [-0.39, 0.29) is 23.1 Å². The molecule has 3 rings (SSSR count). The number of esters is 2. The highest BCUT2D eigenvalue weighted by Gasteiger charge is 2.44. The van der Waals surface area contributed by atoms with Crippen LogP contribution < -0.4 is 5.32 Å². The van der Waals surface area contributed by atoms with Gasteiger partial charge in [0.1, 0.15) is 0 Å². The first-order valence-electron chi connectivity index (χ1n) is 9.80. The summed E-state index contributed by atoms with van der Waals surface area (Å²) >= 11 is 0. The van der Waals surface area contributed by atoms with Gasteiger partial charge in [-0.2, -0.15) is 0 Å². The molecule has 0 aliphatic heterocycles.